The number of fused-ring (bicyclic) bond motifs is 1. The number of aromatic nitrogens is 4. The van der Waals surface area contributed by atoms with Crippen molar-refractivity contribution in [1.29, 1.82) is 5.26 Å². The molecule has 8 heteroatoms. The van der Waals surface area contributed by atoms with Crippen LogP contribution in [0.3, 0.4) is 0 Å². The van der Waals surface area contributed by atoms with Crippen LogP contribution in [-0.2, 0) is 0 Å². The van der Waals surface area contributed by atoms with E-state index < -0.39 is 0 Å². The lowest BCUT2D eigenvalue weighted by Crippen LogP contribution is -2.37. The first-order valence-corrected chi connectivity index (χ1v) is 11.0. The monoisotopic (exact) mass is 443 g/mol. The molecule has 1 saturated heterocycles. The van der Waals surface area contributed by atoms with E-state index in [0.717, 1.165) is 48.0 Å². The Balaban J connectivity index is 1.64. The zero-order valence-corrected chi connectivity index (χ0v) is 18.4. The number of H-pyrrole nitrogens is 1. The van der Waals surface area contributed by atoms with Crippen molar-refractivity contribution in [3.05, 3.63) is 59.4 Å². The molecule has 2 aromatic heterocycles. The summed E-state index contributed by atoms with van der Waals surface area (Å²) in [5.41, 5.74) is 4.09. The Labute approximate surface area is 191 Å². The lowest BCUT2D eigenvalue weighted by molar-refractivity contribution is 0.263. The van der Waals surface area contributed by atoms with Gasteiger partial charge in [-0.3, -0.25) is 5.10 Å². The third kappa shape index (κ3) is 3.91. The Morgan fingerprint density at radius 1 is 1.09 bits per heavy atom. The molecule has 0 radical (unpaired) electrons. The van der Waals surface area contributed by atoms with Crippen molar-refractivity contribution in [2.24, 2.45) is 0 Å². The molecule has 2 N–H and O–H groups in total. The largest absolute Gasteiger partial charge is 0.365 e. The summed E-state index contributed by atoms with van der Waals surface area (Å²) in [4.78, 5) is 12.0. The molecule has 2 aromatic carbocycles. The van der Waals surface area contributed by atoms with Gasteiger partial charge in [-0.05, 0) is 45.1 Å². The Kier molecular flexibility index (Phi) is 5.48. The number of halogens is 1. The minimum absolute atomic E-state index is 0.263. The zero-order chi connectivity index (χ0) is 22.1. The predicted octanol–water partition coefficient (Wildman–Crippen LogP) is 4.72. The van der Waals surface area contributed by atoms with Crippen LogP contribution < -0.4 is 5.32 Å². The van der Waals surface area contributed by atoms with Gasteiger partial charge in [-0.1, -0.05) is 41.9 Å². The van der Waals surface area contributed by atoms with E-state index in [2.05, 4.69) is 33.5 Å². The van der Waals surface area contributed by atoms with Gasteiger partial charge >= 0.3 is 0 Å². The van der Waals surface area contributed by atoms with Gasteiger partial charge in [0.25, 0.3) is 0 Å². The van der Waals surface area contributed by atoms with Crippen molar-refractivity contribution in [2.45, 2.75) is 18.9 Å². The Bertz CT molecular complexity index is 1300. The Hall–Kier alpha value is -3.47. The lowest BCUT2D eigenvalue weighted by atomic mass is 10.0. The number of nitriles is 1. The number of anilines is 1. The molecule has 5 rings (SSSR count). The first kappa shape index (κ1) is 20.4. The van der Waals surface area contributed by atoms with Gasteiger partial charge in [-0.2, -0.15) is 10.4 Å². The van der Waals surface area contributed by atoms with Crippen LogP contribution in [0.1, 0.15) is 18.5 Å². The molecular formula is C24H22ClN7. The van der Waals surface area contributed by atoms with E-state index in [9.17, 15) is 5.26 Å². The summed E-state index contributed by atoms with van der Waals surface area (Å²) in [5.74, 6) is 0.528. The normalized spacial score (nSPS) is 15.0. The Morgan fingerprint density at radius 3 is 2.59 bits per heavy atom. The molecule has 1 fully saturated rings. The topological polar surface area (TPSA) is 93.5 Å². The van der Waals surface area contributed by atoms with Crippen molar-refractivity contribution in [1.82, 2.24) is 25.1 Å². The zero-order valence-electron chi connectivity index (χ0n) is 17.6. The second kappa shape index (κ2) is 8.58. The number of nitrogens with one attached hydrogen (secondary N) is 2. The van der Waals surface area contributed by atoms with E-state index in [-0.39, 0.29) is 11.7 Å². The molecule has 32 heavy (non-hydrogen) atoms. The maximum absolute atomic E-state index is 9.87. The summed E-state index contributed by atoms with van der Waals surface area (Å²) in [7, 11) is 2.13. The number of aromatic amines is 1. The number of hydrogen-bond donors (Lipinski definition) is 2. The van der Waals surface area contributed by atoms with Gasteiger partial charge in [0.05, 0.1) is 28.1 Å². The highest BCUT2D eigenvalue weighted by Crippen LogP contribution is 2.35. The van der Waals surface area contributed by atoms with Gasteiger partial charge in [0.15, 0.2) is 11.5 Å². The first-order chi connectivity index (χ1) is 15.6. The van der Waals surface area contributed by atoms with Crippen LogP contribution in [0, 0.1) is 11.3 Å². The van der Waals surface area contributed by atoms with E-state index in [4.69, 9.17) is 21.6 Å². The highest BCUT2D eigenvalue weighted by atomic mass is 35.5. The molecular weight excluding hydrogens is 422 g/mol. The minimum atomic E-state index is 0.263. The number of nitrogens with zero attached hydrogens (tertiary/aromatic N) is 5. The second-order valence-electron chi connectivity index (χ2n) is 8.11. The molecule has 0 unspecified atom stereocenters. The van der Waals surface area contributed by atoms with Crippen LogP contribution in [-0.4, -0.2) is 51.2 Å². The van der Waals surface area contributed by atoms with Crippen LogP contribution in [0.4, 0.5) is 5.82 Å². The highest BCUT2D eigenvalue weighted by Gasteiger charge is 2.22. The molecule has 1 aliphatic rings. The summed E-state index contributed by atoms with van der Waals surface area (Å²) in [6, 6.07) is 16.2. The van der Waals surface area contributed by atoms with Gasteiger partial charge in [0, 0.05) is 22.6 Å². The minimum Gasteiger partial charge on any atom is -0.365 e. The third-order valence-corrected chi connectivity index (χ3v) is 6.18. The van der Waals surface area contributed by atoms with E-state index in [1.807, 2.05) is 42.5 Å². The molecule has 0 aliphatic carbocycles. The van der Waals surface area contributed by atoms with Gasteiger partial charge < -0.3 is 10.2 Å². The average Bonchev–Trinajstić information content (AvgIpc) is 3.30. The maximum atomic E-state index is 9.87. The van der Waals surface area contributed by atoms with Crippen LogP contribution >= 0.6 is 11.6 Å². The van der Waals surface area contributed by atoms with E-state index in [1.165, 1.54) is 0 Å². The fraction of sp³-hybridized carbons (Fsp3) is 0.250. The molecule has 0 amide bonds. The first-order valence-electron chi connectivity index (χ1n) is 10.6. The summed E-state index contributed by atoms with van der Waals surface area (Å²) in [6.45, 7) is 2.03. The number of benzene rings is 2. The van der Waals surface area contributed by atoms with E-state index in [1.54, 1.807) is 6.20 Å². The van der Waals surface area contributed by atoms with E-state index >= 15 is 0 Å². The van der Waals surface area contributed by atoms with Crippen molar-refractivity contribution < 1.29 is 0 Å². The third-order valence-electron chi connectivity index (χ3n) is 5.88. The van der Waals surface area contributed by atoms with E-state index in [0.29, 0.717) is 22.2 Å². The molecule has 0 atom stereocenters. The number of piperidine rings is 1. The van der Waals surface area contributed by atoms with Crippen molar-refractivity contribution in [3.63, 3.8) is 0 Å². The fourth-order valence-electron chi connectivity index (χ4n) is 4.11. The number of hydrogen-bond acceptors (Lipinski definition) is 6. The highest BCUT2D eigenvalue weighted by molar-refractivity contribution is 6.35. The van der Waals surface area contributed by atoms with Crippen molar-refractivity contribution >= 4 is 28.3 Å². The SMILES string of the molecule is CN1CCC(Nc2nc(-c3ccccc3)c(-c3cc(Cl)c4[nH]ncc4c3)nc2C#N)CC1. The van der Waals surface area contributed by atoms with Gasteiger partial charge in [0.2, 0.25) is 0 Å². The predicted molar refractivity (Wildman–Crippen MR) is 126 cm³/mol. The number of rotatable bonds is 4. The summed E-state index contributed by atoms with van der Waals surface area (Å²) >= 11 is 6.50. The fourth-order valence-corrected chi connectivity index (χ4v) is 4.38. The summed E-state index contributed by atoms with van der Waals surface area (Å²) < 4.78 is 0. The standard InChI is InChI=1S/C24H22ClN7/c1-32-9-7-18(8-10-32)28-24-20(13-26)29-23(22(30-24)15-5-3-2-4-6-15)16-11-17-14-27-31-21(17)19(25)12-16/h2-6,11-12,14,18H,7-10H2,1H3,(H,27,31)(H,28,30). The summed E-state index contributed by atoms with van der Waals surface area (Å²) in [5, 5.41) is 21.8. The molecule has 0 spiro atoms. The molecule has 0 saturated carbocycles. The quantitative estimate of drug-likeness (QED) is 0.474. The van der Waals surface area contributed by atoms with Crippen molar-refractivity contribution in [2.75, 3.05) is 25.5 Å². The number of likely N-dealkylation sites (tertiary alicyclic amines) is 1. The second-order valence-corrected chi connectivity index (χ2v) is 8.52. The van der Waals surface area contributed by atoms with Crippen LogP contribution in [0.2, 0.25) is 5.02 Å². The molecule has 3 heterocycles. The maximum Gasteiger partial charge on any atom is 0.183 e. The van der Waals surface area contributed by atoms with Gasteiger partial charge in [-0.15, -0.1) is 0 Å². The van der Waals surface area contributed by atoms with Gasteiger partial charge in [0.1, 0.15) is 6.07 Å². The summed E-state index contributed by atoms with van der Waals surface area (Å²) in [6.07, 6.45) is 3.72. The smallest absolute Gasteiger partial charge is 0.183 e. The van der Waals surface area contributed by atoms with Gasteiger partial charge in [-0.25, -0.2) is 9.97 Å². The lowest BCUT2D eigenvalue weighted by Gasteiger charge is -2.30. The van der Waals surface area contributed by atoms with Crippen molar-refractivity contribution in [3.8, 4) is 28.6 Å². The van der Waals surface area contributed by atoms with Crippen LogP contribution in [0.25, 0.3) is 33.4 Å². The molecule has 0 bridgehead atoms. The molecule has 4 aromatic rings. The molecule has 1 aliphatic heterocycles. The Morgan fingerprint density at radius 2 is 1.84 bits per heavy atom. The molecule has 160 valence electrons. The average molecular weight is 444 g/mol. The van der Waals surface area contributed by atoms with Crippen LogP contribution in [0.15, 0.2) is 48.7 Å². The van der Waals surface area contributed by atoms with Crippen LogP contribution in [0.5, 0.6) is 0 Å². The molecule has 7 nitrogen and oxygen atoms in total.